The van der Waals surface area contributed by atoms with Crippen molar-refractivity contribution in [3.63, 3.8) is 0 Å². The Bertz CT molecular complexity index is 399. The lowest BCUT2D eigenvalue weighted by atomic mass is 9.70. The fraction of sp³-hybridized carbons (Fsp3) is 0.571. The average Bonchev–Trinajstić information content (AvgIpc) is 2.33. The molecule has 0 bridgehead atoms. The van der Waals surface area contributed by atoms with Crippen molar-refractivity contribution in [3.8, 4) is 11.5 Å². The normalized spacial score (nSPS) is 26.4. The van der Waals surface area contributed by atoms with Crippen LogP contribution >= 0.6 is 0 Å². The summed E-state index contributed by atoms with van der Waals surface area (Å²) < 4.78 is 11.1. The predicted octanol–water partition coefficient (Wildman–Crippen LogP) is 2.30. The van der Waals surface area contributed by atoms with Crippen LogP contribution in [0.2, 0.25) is 0 Å². The number of benzene rings is 1. The summed E-state index contributed by atoms with van der Waals surface area (Å²) in [5, 5.41) is 0. The Labute approximate surface area is 102 Å². The Hall–Kier alpha value is -1.22. The van der Waals surface area contributed by atoms with E-state index in [4.69, 9.17) is 15.2 Å². The molecule has 92 valence electrons. The Morgan fingerprint density at radius 3 is 2.65 bits per heavy atom. The van der Waals surface area contributed by atoms with Gasteiger partial charge < -0.3 is 15.2 Å². The third kappa shape index (κ3) is 2.12. The van der Waals surface area contributed by atoms with Crippen LogP contribution in [-0.4, -0.2) is 19.8 Å². The zero-order chi connectivity index (χ0) is 11.7. The molecule has 3 rings (SSSR count). The molecule has 1 aromatic rings. The van der Waals surface area contributed by atoms with Gasteiger partial charge in [-0.25, -0.2) is 0 Å². The first kappa shape index (κ1) is 10.9. The number of ether oxygens (including phenoxy) is 2. The first-order chi connectivity index (χ1) is 8.36. The van der Waals surface area contributed by atoms with E-state index >= 15 is 0 Å². The van der Waals surface area contributed by atoms with Crippen molar-refractivity contribution in [3.05, 3.63) is 23.8 Å². The van der Waals surface area contributed by atoms with Crippen molar-refractivity contribution in [1.29, 1.82) is 0 Å². The number of nitrogens with two attached hydrogens (primary N) is 1. The number of rotatable bonds is 3. The molecule has 1 aromatic carbocycles. The molecule has 0 atom stereocenters. The summed E-state index contributed by atoms with van der Waals surface area (Å²) in [4.78, 5) is 0. The molecule has 3 heteroatoms. The van der Waals surface area contributed by atoms with Crippen molar-refractivity contribution in [1.82, 2.24) is 0 Å². The van der Waals surface area contributed by atoms with Crippen molar-refractivity contribution >= 4 is 0 Å². The summed E-state index contributed by atoms with van der Waals surface area (Å²) in [5.74, 6) is 3.33. The van der Waals surface area contributed by atoms with Crippen molar-refractivity contribution in [2.45, 2.75) is 25.2 Å². The third-order valence-electron chi connectivity index (χ3n) is 3.85. The number of fused-ring (bicyclic) bond motifs is 1. The molecule has 3 nitrogen and oxygen atoms in total. The van der Waals surface area contributed by atoms with Crippen LogP contribution in [0.1, 0.15) is 30.7 Å². The average molecular weight is 233 g/mol. The second-order valence-corrected chi connectivity index (χ2v) is 5.01. The van der Waals surface area contributed by atoms with Gasteiger partial charge in [0, 0.05) is 0 Å². The number of hydrogen-bond donors (Lipinski definition) is 1. The van der Waals surface area contributed by atoms with Crippen LogP contribution in [0.25, 0.3) is 0 Å². The van der Waals surface area contributed by atoms with Crippen LogP contribution in [0.15, 0.2) is 18.2 Å². The van der Waals surface area contributed by atoms with Gasteiger partial charge in [-0.05, 0) is 55.3 Å². The van der Waals surface area contributed by atoms with Gasteiger partial charge in [0.25, 0.3) is 0 Å². The Balaban J connectivity index is 1.68. The zero-order valence-corrected chi connectivity index (χ0v) is 10.0. The summed E-state index contributed by atoms with van der Waals surface area (Å²) in [6.45, 7) is 2.14. The molecule has 17 heavy (non-hydrogen) atoms. The highest BCUT2D eigenvalue weighted by Crippen LogP contribution is 2.45. The van der Waals surface area contributed by atoms with Gasteiger partial charge in [0.05, 0.1) is 0 Å². The molecule has 2 N–H and O–H groups in total. The van der Waals surface area contributed by atoms with Gasteiger partial charge in [-0.1, -0.05) is 6.07 Å². The maximum atomic E-state index is 5.61. The molecule has 0 radical (unpaired) electrons. The quantitative estimate of drug-likeness (QED) is 0.871. The van der Waals surface area contributed by atoms with Gasteiger partial charge in [0.15, 0.2) is 11.5 Å². The van der Waals surface area contributed by atoms with E-state index < -0.39 is 0 Å². The van der Waals surface area contributed by atoms with E-state index in [2.05, 4.69) is 12.1 Å². The smallest absolute Gasteiger partial charge is 0.161 e. The summed E-state index contributed by atoms with van der Waals surface area (Å²) in [5.41, 5.74) is 6.97. The van der Waals surface area contributed by atoms with Crippen molar-refractivity contribution in [2.24, 2.45) is 11.7 Å². The standard InChI is InChI=1S/C14H19NO2/c15-4-3-10-7-12(8-10)11-1-2-13-14(9-11)17-6-5-16-13/h1-2,9-10,12H,3-8,15H2. The highest BCUT2D eigenvalue weighted by Gasteiger charge is 2.30. The summed E-state index contributed by atoms with van der Waals surface area (Å²) >= 11 is 0. The molecular formula is C14H19NO2. The van der Waals surface area contributed by atoms with Crippen molar-refractivity contribution < 1.29 is 9.47 Å². The van der Waals surface area contributed by atoms with Gasteiger partial charge in [0.1, 0.15) is 13.2 Å². The van der Waals surface area contributed by atoms with E-state index in [1.807, 2.05) is 6.07 Å². The molecule has 1 heterocycles. The monoisotopic (exact) mass is 233 g/mol. The van der Waals surface area contributed by atoms with Crippen LogP contribution in [0.5, 0.6) is 11.5 Å². The van der Waals surface area contributed by atoms with Gasteiger partial charge in [-0.15, -0.1) is 0 Å². The zero-order valence-electron chi connectivity index (χ0n) is 10.0. The van der Waals surface area contributed by atoms with E-state index in [0.717, 1.165) is 24.0 Å². The largest absolute Gasteiger partial charge is 0.486 e. The molecule has 1 aliphatic carbocycles. The van der Waals surface area contributed by atoms with Gasteiger partial charge in [-0.3, -0.25) is 0 Å². The summed E-state index contributed by atoms with van der Waals surface area (Å²) in [6, 6.07) is 6.37. The molecule has 0 amide bonds. The molecule has 1 fully saturated rings. The highest BCUT2D eigenvalue weighted by molar-refractivity contribution is 5.45. The Morgan fingerprint density at radius 1 is 1.12 bits per heavy atom. The molecule has 0 saturated heterocycles. The Kier molecular flexibility index (Phi) is 2.93. The summed E-state index contributed by atoms with van der Waals surface area (Å²) in [6.07, 6.45) is 3.72. The highest BCUT2D eigenvalue weighted by atomic mass is 16.6. The molecule has 0 aromatic heterocycles. The number of hydrogen-bond acceptors (Lipinski definition) is 3. The molecular weight excluding hydrogens is 214 g/mol. The van der Waals surface area contributed by atoms with E-state index in [-0.39, 0.29) is 0 Å². The van der Waals surface area contributed by atoms with Gasteiger partial charge in [0.2, 0.25) is 0 Å². The minimum atomic E-state index is 0.661. The Morgan fingerprint density at radius 2 is 1.88 bits per heavy atom. The molecule has 0 spiro atoms. The summed E-state index contributed by atoms with van der Waals surface area (Å²) in [7, 11) is 0. The van der Waals surface area contributed by atoms with Crippen molar-refractivity contribution in [2.75, 3.05) is 19.8 Å². The first-order valence-corrected chi connectivity index (χ1v) is 6.46. The maximum Gasteiger partial charge on any atom is 0.161 e. The maximum absolute atomic E-state index is 5.61. The first-order valence-electron chi connectivity index (χ1n) is 6.46. The lowest BCUT2D eigenvalue weighted by Crippen LogP contribution is -2.24. The van der Waals surface area contributed by atoms with E-state index in [1.165, 1.54) is 24.8 Å². The van der Waals surface area contributed by atoms with E-state index in [9.17, 15) is 0 Å². The fourth-order valence-corrected chi connectivity index (χ4v) is 2.79. The minimum absolute atomic E-state index is 0.661. The lowest BCUT2D eigenvalue weighted by Gasteiger charge is -2.36. The second-order valence-electron chi connectivity index (χ2n) is 5.01. The minimum Gasteiger partial charge on any atom is -0.486 e. The lowest BCUT2D eigenvalue weighted by molar-refractivity contribution is 0.170. The van der Waals surface area contributed by atoms with Crippen LogP contribution in [0.4, 0.5) is 0 Å². The topological polar surface area (TPSA) is 44.5 Å². The van der Waals surface area contributed by atoms with Crippen LogP contribution < -0.4 is 15.2 Å². The van der Waals surface area contributed by atoms with E-state index in [1.54, 1.807) is 0 Å². The molecule has 2 aliphatic rings. The van der Waals surface area contributed by atoms with Gasteiger partial charge >= 0.3 is 0 Å². The van der Waals surface area contributed by atoms with E-state index in [0.29, 0.717) is 19.1 Å². The second kappa shape index (κ2) is 4.57. The van der Waals surface area contributed by atoms with Crippen LogP contribution in [-0.2, 0) is 0 Å². The van der Waals surface area contributed by atoms with Crippen LogP contribution in [0, 0.1) is 5.92 Å². The van der Waals surface area contributed by atoms with Crippen LogP contribution in [0.3, 0.4) is 0 Å². The fourth-order valence-electron chi connectivity index (χ4n) is 2.79. The molecule has 0 unspecified atom stereocenters. The predicted molar refractivity (Wildman–Crippen MR) is 66.6 cm³/mol. The molecule has 1 saturated carbocycles. The van der Waals surface area contributed by atoms with Gasteiger partial charge in [-0.2, -0.15) is 0 Å². The third-order valence-corrected chi connectivity index (χ3v) is 3.85. The SMILES string of the molecule is NCCC1CC(c2ccc3c(c2)OCCO3)C1. The molecule has 1 aliphatic heterocycles.